The Hall–Kier alpha value is -2.11. The van der Waals surface area contributed by atoms with Crippen LogP contribution in [0.15, 0.2) is 6.20 Å². The van der Waals surface area contributed by atoms with Crippen LogP contribution in [0.4, 0.5) is 0 Å². The highest BCUT2D eigenvalue weighted by molar-refractivity contribution is 5.88. The largest absolute Gasteiger partial charge is 0.481 e. The van der Waals surface area contributed by atoms with Crippen LogP contribution < -0.4 is 4.74 Å². The third kappa shape index (κ3) is 2.14. The van der Waals surface area contributed by atoms with Gasteiger partial charge in [0.15, 0.2) is 0 Å². The molecular weight excluding hydrogens is 246 g/mol. The number of ether oxygens (including phenoxy) is 1. The van der Waals surface area contributed by atoms with E-state index in [9.17, 15) is 9.90 Å². The molecule has 1 atom stereocenters. The summed E-state index contributed by atoms with van der Waals surface area (Å²) in [5.74, 6) is -1.41. The number of fused-ring (bicyclic) bond motifs is 1. The van der Waals surface area contributed by atoms with Crippen molar-refractivity contribution in [3.8, 4) is 6.01 Å². The molecule has 19 heavy (non-hydrogen) atoms. The van der Waals surface area contributed by atoms with E-state index in [1.54, 1.807) is 0 Å². The standard InChI is InChI=1S/C13H17N3O3/c1-5-8(12(17)18)9-6-16(3)11-7(2)14-13(19-4)15-10(9)11/h6,8H,5H2,1-4H3,(H,17,18). The minimum absolute atomic E-state index is 0.262. The highest BCUT2D eigenvalue weighted by Crippen LogP contribution is 2.30. The normalized spacial score (nSPS) is 12.6. The van der Waals surface area contributed by atoms with E-state index in [2.05, 4.69) is 9.97 Å². The van der Waals surface area contributed by atoms with E-state index < -0.39 is 11.9 Å². The summed E-state index contributed by atoms with van der Waals surface area (Å²) in [6.07, 6.45) is 2.33. The van der Waals surface area contributed by atoms with Gasteiger partial charge in [-0.1, -0.05) is 6.92 Å². The summed E-state index contributed by atoms with van der Waals surface area (Å²) in [4.78, 5) is 19.9. The van der Waals surface area contributed by atoms with Crippen LogP contribution in [0.1, 0.15) is 30.5 Å². The van der Waals surface area contributed by atoms with Crippen LogP contribution in [0, 0.1) is 6.92 Å². The Morgan fingerprint density at radius 2 is 2.21 bits per heavy atom. The lowest BCUT2D eigenvalue weighted by Gasteiger charge is -2.08. The van der Waals surface area contributed by atoms with Gasteiger partial charge in [0.2, 0.25) is 0 Å². The summed E-state index contributed by atoms with van der Waals surface area (Å²) in [7, 11) is 3.36. The maximum Gasteiger partial charge on any atom is 0.317 e. The Balaban J connectivity index is 2.75. The van der Waals surface area contributed by atoms with Gasteiger partial charge in [0.05, 0.1) is 29.8 Å². The maximum atomic E-state index is 11.3. The molecule has 0 fully saturated rings. The molecule has 0 radical (unpaired) electrons. The predicted octanol–water partition coefficient (Wildman–Crippen LogP) is 1.86. The van der Waals surface area contributed by atoms with Crippen LogP contribution in [-0.4, -0.2) is 32.7 Å². The third-order valence-electron chi connectivity index (χ3n) is 3.26. The van der Waals surface area contributed by atoms with Crippen LogP contribution in [0.25, 0.3) is 11.0 Å². The van der Waals surface area contributed by atoms with Gasteiger partial charge in [0.25, 0.3) is 0 Å². The van der Waals surface area contributed by atoms with E-state index in [4.69, 9.17) is 4.74 Å². The first kappa shape index (κ1) is 13.3. The van der Waals surface area contributed by atoms with Gasteiger partial charge in [-0.15, -0.1) is 0 Å². The zero-order valence-electron chi connectivity index (χ0n) is 11.5. The van der Waals surface area contributed by atoms with Gasteiger partial charge in [0.1, 0.15) is 0 Å². The average Bonchev–Trinajstić information content (AvgIpc) is 2.67. The van der Waals surface area contributed by atoms with Gasteiger partial charge >= 0.3 is 12.0 Å². The van der Waals surface area contributed by atoms with E-state index in [0.29, 0.717) is 17.5 Å². The zero-order chi connectivity index (χ0) is 14.2. The fraction of sp³-hybridized carbons (Fsp3) is 0.462. The summed E-state index contributed by atoms with van der Waals surface area (Å²) < 4.78 is 6.93. The topological polar surface area (TPSA) is 77.2 Å². The summed E-state index contributed by atoms with van der Waals surface area (Å²) in [6, 6.07) is 0.262. The fourth-order valence-electron chi connectivity index (χ4n) is 2.37. The fourth-order valence-corrected chi connectivity index (χ4v) is 2.37. The summed E-state index contributed by atoms with van der Waals surface area (Å²) in [5.41, 5.74) is 2.98. The molecule has 6 nitrogen and oxygen atoms in total. The lowest BCUT2D eigenvalue weighted by molar-refractivity contribution is -0.138. The van der Waals surface area contributed by atoms with E-state index in [1.165, 1.54) is 7.11 Å². The number of aliphatic carboxylic acids is 1. The molecule has 0 bridgehead atoms. The first-order valence-electron chi connectivity index (χ1n) is 6.09. The first-order valence-corrected chi connectivity index (χ1v) is 6.09. The SMILES string of the molecule is CCC(C(=O)O)c1cn(C)c2c(C)nc(OC)nc12. The summed E-state index contributed by atoms with van der Waals surface area (Å²) in [6.45, 7) is 3.71. The van der Waals surface area contributed by atoms with E-state index >= 15 is 0 Å². The lowest BCUT2D eigenvalue weighted by Crippen LogP contribution is -2.10. The second-order valence-corrected chi connectivity index (χ2v) is 4.49. The Morgan fingerprint density at radius 1 is 1.53 bits per heavy atom. The van der Waals surface area contributed by atoms with Crippen molar-refractivity contribution in [2.75, 3.05) is 7.11 Å². The predicted molar refractivity (Wildman–Crippen MR) is 70.5 cm³/mol. The molecular formula is C13H17N3O3. The molecule has 1 unspecified atom stereocenters. The number of carboxylic acid groups (broad SMARTS) is 1. The summed E-state index contributed by atoms with van der Waals surface area (Å²) in [5, 5.41) is 9.31. The van der Waals surface area contributed by atoms with E-state index in [1.807, 2.05) is 31.7 Å². The van der Waals surface area contributed by atoms with Crippen LogP contribution in [0.5, 0.6) is 6.01 Å². The number of hydrogen-bond acceptors (Lipinski definition) is 4. The number of methoxy groups -OCH3 is 1. The molecule has 0 aliphatic heterocycles. The highest BCUT2D eigenvalue weighted by Gasteiger charge is 2.24. The molecule has 2 aromatic heterocycles. The molecule has 0 aliphatic carbocycles. The molecule has 2 rings (SSSR count). The number of aryl methyl sites for hydroxylation is 2. The highest BCUT2D eigenvalue weighted by atomic mass is 16.5. The molecule has 6 heteroatoms. The third-order valence-corrected chi connectivity index (χ3v) is 3.26. The monoisotopic (exact) mass is 263 g/mol. The van der Waals surface area contributed by atoms with Crippen molar-refractivity contribution < 1.29 is 14.6 Å². The Labute approximate surface area is 111 Å². The minimum atomic E-state index is -0.842. The number of aromatic nitrogens is 3. The van der Waals surface area contributed by atoms with Crippen LogP contribution in [0.3, 0.4) is 0 Å². The Morgan fingerprint density at radius 3 is 2.74 bits per heavy atom. The molecule has 102 valence electrons. The van der Waals surface area contributed by atoms with Gasteiger partial charge in [0, 0.05) is 18.8 Å². The van der Waals surface area contributed by atoms with Gasteiger partial charge in [-0.2, -0.15) is 9.97 Å². The van der Waals surface area contributed by atoms with E-state index in [0.717, 1.165) is 11.2 Å². The van der Waals surface area contributed by atoms with Gasteiger partial charge in [-0.05, 0) is 13.3 Å². The van der Waals surface area contributed by atoms with Crippen molar-refractivity contribution in [2.45, 2.75) is 26.2 Å². The van der Waals surface area contributed by atoms with Gasteiger partial charge in [-0.3, -0.25) is 4.79 Å². The number of nitrogens with zero attached hydrogens (tertiary/aromatic N) is 3. The molecule has 0 aromatic carbocycles. The van der Waals surface area contributed by atoms with Crippen LogP contribution in [-0.2, 0) is 11.8 Å². The summed E-state index contributed by atoms with van der Waals surface area (Å²) >= 11 is 0. The van der Waals surface area contributed by atoms with Crippen molar-refractivity contribution in [1.29, 1.82) is 0 Å². The van der Waals surface area contributed by atoms with Crippen LogP contribution in [0.2, 0.25) is 0 Å². The average molecular weight is 263 g/mol. The molecule has 0 spiro atoms. The second-order valence-electron chi connectivity index (χ2n) is 4.49. The van der Waals surface area contributed by atoms with Crippen molar-refractivity contribution in [1.82, 2.24) is 14.5 Å². The van der Waals surface area contributed by atoms with E-state index in [-0.39, 0.29) is 6.01 Å². The quantitative estimate of drug-likeness (QED) is 0.911. The number of carbonyl (C=O) groups is 1. The minimum Gasteiger partial charge on any atom is -0.481 e. The molecule has 0 aliphatic rings. The first-order chi connectivity index (χ1) is 8.99. The molecule has 2 aromatic rings. The van der Waals surface area contributed by atoms with Crippen molar-refractivity contribution in [3.05, 3.63) is 17.5 Å². The number of rotatable bonds is 4. The van der Waals surface area contributed by atoms with Crippen molar-refractivity contribution >= 4 is 17.0 Å². The van der Waals surface area contributed by atoms with Crippen LogP contribution >= 0.6 is 0 Å². The smallest absolute Gasteiger partial charge is 0.317 e. The lowest BCUT2D eigenvalue weighted by atomic mass is 9.98. The second kappa shape index (κ2) is 4.87. The zero-order valence-corrected chi connectivity index (χ0v) is 11.5. The molecule has 0 saturated heterocycles. The maximum absolute atomic E-state index is 11.3. The molecule has 0 amide bonds. The van der Waals surface area contributed by atoms with Crippen molar-refractivity contribution in [2.24, 2.45) is 7.05 Å². The number of carboxylic acids is 1. The van der Waals surface area contributed by atoms with Crippen molar-refractivity contribution in [3.63, 3.8) is 0 Å². The Kier molecular flexibility index (Phi) is 3.42. The van der Waals surface area contributed by atoms with Gasteiger partial charge in [-0.25, -0.2) is 0 Å². The molecule has 1 N–H and O–H groups in total. The van der Waals surface area contributed by atoms with Gasteiger partial charge < -0.3 is 14.4 Å². The molecule has 2 heterocycles. The number of hydrogen-bond donors (Lipinski definition) is 1. The Bertz CT molecular complexity index is 634. The molecule has 0 saturated carbocycles.